The molecule has 112 valence electrons. The van der Waals surface area contributed by atoms with Crippen LogP contribution < -0.4 is 17.0 Å². The summed E-state index contributed by atoms with van der Waals surface area (Å²) < 4.78 is 38.1. The molecule has 0 radical (unpaired) electrons. The van der Waals surface area contributed by atoms with Crippen LogP contribution in [0.5, 0.6) is 0 Å². The summed E-state index contributed by atoms with van der Waals surface area (Å²) in [4.78, 5) is 0. The zero-order chi connectivity index (χ0) is 15.6. The first kappa shape index (κ1) is 15.3. The fraction of sp³-hybridized carbons (Fsp3) is 0.200. The fourth-order valence-electron chi connectivity index (χ4n) is 2.30. The molecule has 0 spiro atoms. The topological polar surface area (TPSA) is 64.1 Å². The van der Waals surface area contributed by atoms with Gasteiger partial charge in [0.25, 0.3) is 0 Å². The van der Waals surface area contributed by atoms with Crippen molar-refractivity contribution in [2.45, 2.75) is 19.1 Å². The molecule has 0 saturated heterocycles. The molecule has 3 nitrogen and oxygen atoms in total. The van der Waals surface area contributed by atoms with Gasteiger partial charge in [-0.2, -0.15) is 13.2 Å². The fourth-order valence-corrected chi connectivity index (χ4v) is 2.30. The molecule has 21 heavy (non-hydrogen) atoms. The number of anilines is 1. The van der Waals surface area contributed by atoms with Gasteiger partial charge in [0.15, 0.2) is 0 Å². The molecule has 0 aromatic heterocycles. The van der Waals surface area contributed by atoms with Gasteiger partial charge >= 0.3 is 6.18 Å². The van der Waals surface area contributed by atoms with E-state index in [-0.39, 0.29) is 0 Å². The summed E-state index contributed by atoms with van der Waals surface area (Å²) >= 11 is 0. The van der Waals surface area contributed by atoms with Crippen molar-refractivity contribution in [2.75, 3.05) is 5.73 Å². The van der Waals surface area contributed by atoms with E-state index in [1.54, 1.807) is 31.2 Å². The number of halogens is 3. The first-order valence-electron chi connectivity index (χ1n) is 6.33. The van der Waals surface area contributed by atoms with Crippen molar-refractivity contribution in [3.05, 3.63) is 64.7 Å². The number of nitrogens with two attached hydrogens (primary N) is 2. The normalized spacial score (nSPS) is 13.2. The molecular formula is C15H16F3N3. The van der Waals surface area contributed by atoms with Gasteiger partial charge in [0.05, 0.1) is 11.6 Å². The first-order valence-corrected chi connectivity index (χ1v) is 6.33. The molecule has 0 saturated carbocycles. The number of nitrogen functional groups attached to an aromatic ring is 1. The van der Waals surface area contributed by atoms with Gasteiger partial charge in [-0.3, -0.25) is 5.84 Å². The van der Waals surface area contributed by atoms with Crippen molar-refractivity contribution in [1.82, 2.24) is 5.43 Å². The van der Waals surface area contributed by atoms with Gasteiger partial charge in [0, 0.05) is 5.69 Å². The standard InChI is InChI=1S/C15H16F3N3/c1-9-8-10(15(16,17)18)6-7-11(9)14(21-20)12-4-2-3-5-13(12)19/h2-8,14,21H,19-20H2,1H3. The van der Waals surface area contributed by atoms with Crippen LogP contribution in [0.15, 0.2) is 42.5 Å². The Morgan fingerprint density at radius 2 is 1.71 bits per heavy atom. The van der Waals surface area contributed by atoms with Crippen molar-refractivity contribution in [1.29, 1.82) is 0 Å². The monoisotopic (exact) mass is 295 g/mol. The Balaban J connectivity index is 2.47. The lowest BCUT2D eigenvalue weighted by atomic mass is 9.93. The van der Waals surface area contributed by atoms with E-state index in [0.29, 0.717) is 16.8 Å². The predicted molar refractivity (Wildman–Crippen MR) is 76.2 cm³/mol. The van der Waals surface area contributed by atoms with Crippen LogP contribution in [0.4, 0.5) is 18.9 Å². The number of hydrazine groups is 1. The number of hydrogen-bond donors (Lipinski definition) is 3. The quantitative estimate of drug-likeness (QED) is 0.463. The maximum Gasteiger partial charge on any atom is 0.416 e. The zero-order valence-corrected chi connectivity index (χ0v) is 11.4. The molecule has 5 N–H and O–H groups in total. The highest BCUT2D eigenvalue weighted by atomic mass is 19.4. The lowest BCUT2D eigenvalue weighted by Crippen LogP contribution is -2.30. The minimum atomic E-state index is -4.36. The molecule has 0 amide bonds. The van der Waals surface area contributed by atoms with E-state index in [9.17, 15) is 13.2 Å². The number of alkyl halides is 3. The van der Waals surface area contributed by atoms with Crippen LogP contribution in [0, 0.1) is 6.92 Å². The molecule has 0 aliphatic carbocycles. The van der Waals surface area contributed by atoms with Crippen molar-refractivity contribution in [2.24, 2.45) is 5.84 Å². The first-order chi connectivity index (χ1) is 9.84. The Morgan fingerprint density at radius 1 is 1.05 bits per heavy atom. The number of nitrogens with one attached hydrogen (secondary N) is 1. The molecular weight excluding hydrogens is 279 g/mol. The third kappa shape index (κ3) is 3.17. The van der Waals surface area contributed by atoms with Gasteiger partial charge in [-0.15, -0.1) is 0 Å². The molecule has 2 rings (SSSR count). The molecule has 0 bridgehead atoms. The zero-order valence-electron chi connectivity index (χ0n) is 11.4. The minimum absolute atomic E-state index is 0.464. The van der Waals surface area contributed by atoms with Crippen LogP contribution in [0.3, 0.4) is 0 Å². The maximum atomic E-state index is 12.7. The Labute approximate surface area is 120 Å². The molecule has 2 aromatic rings. The highest BCUT2D eigenvalue weighted by molar-refractivity contribution is 5.52. The Morgan fingerprint density at radius 3 is 2.24 bits per heavy atom. The van der Waals surface area contributed by atoms with E-state index in [2.05, 4.69) is 5.43 Å². The van der Waals surface area contributed by atoms with E-state index in [4.69, 9.17) is 11.6 Å². The summed E-state index contributed by atoms with van der Waals surface area (Å²) in [6, 6.07) is 10.2. The molecule has 1 atom stereocenters. The molecule has 1 unspecified atom stereocenters. The Hall–Kier alpha value is -2.05. The van der Waals surface area contributed by atoms with Crippen LogP contribution in [-0.4, -0.2) is 0 Å². The van der Waals surface area contributed by atoms with E-state index in [1.807, 2.05) is 0 Å². The van der Waals surface area contributed by atoms with Crippen LogP contribution in [-0.2, 0) is 6.18 Å². The maximum absolute atomic E-state index is 12.7. The average Bonchev–Trinajstić information content (AvgIpc) is 2.42. The third-order valence-corrected chi connectivity index (χ3v) is 3.38. The largest absolute Gasteiger partial charge is 0.416 e. The SMILES string of the molecule is Cc1cc(C(F)(F)F)ccc1C(NN)c1ccccc1N. The van der Waals surface area contributed by atoms with Crippen LogP contribution in [0.2, 0.25) is 0 Å². The molecule has 0 aliphatic rings. The van der Waals surface area contributed by atoms with Crippen molar-refractivity contribution < 1.29 is 13.2 Å². The second-order valence-corrected chi connectivity index (χ2v) is 4.80. The lowest BCUT2D eigenvalue weighted by molar-refractivity contribution is -0.137. The molecule has 0 heterocycles. The highest BCUT2D eigenvalue weighted by Crippen LogP contribution is 2.33. The molecule has 2 aromatic carbocycles. The molecule has 0 aliphatic heterocycles. The average molecular weight is 295 g/mol. The number of rotatable bonds is 3. The second-order valence-electron chi connectivity index (χ2n) is 4.80. The van der Waals surface area contributed by atoms with Crippen molar-refractivity contribution in [3.63, 3.8) is 0 Å². The minimum Gasteiger partial charge on any atom is -0.398 e. The second kappa shape index (κ2) is 5.75. The van der Waals surface area contributed by atoms with Crippen LogP contribution in [0.1, 0.15) is 28.3 Å². The number of para-hydroxylation sites is 1. The van der Waals surface area contributed by atoms with Gasteiger partial charge < -0.3 is 5.73 Å². The van der Waals surface area contributed by atoms with E-state index >= 15 is 0 Å². The van der Waals surface area contributed by atoms with Gasteiger partial charge in [-0.05, 0) is 41.8 Å². The number of benzene rings is 2. The van der Waals surface area contributed by atoms with Gasteiger partial charge in [-0.1, -0.05) is 24.3 Å². The van der Waals surface area contributed by atoms with Crippen molar-refractivity contribution in [3.8, 4) is 0 Å². The summed E-state index contributed by atoms with van der Waals surface area (Å²) in [5, 5.41) is 0. The van der Waals surface area contributed by atoms with Crippen LogP contribution >= 0.6 is 0 Å². The summed E-state index contributed by atoms with van der Waals surface area (Å²) in [6.07, 6.45) is -4.36. The smallest absolute Gasteiger partial charge is 0.398 e. The van der Waals surface area contributed by atoms with Gasteiger partial charge in [0.1, 0.15) is 0 Å². The molecule has 0 fully saturated rings. The summed E-state index contributed by atoms with van der Waals surface area (Å²) in [5.74, 6) is 5.57. The molecule has 6 heteroatoms. The summed E-state index contributed by atoms with van der Waals surface area (Å²) in [5.41, 5.74) is 10.2. The highest BCUT2D eigenvalue weighted by Gasteiger charge is 2.31. The Kier molecular flexibility index (Phi) is 4.20. The van der Waals surface area contributed by atoms with E-state index in [0.717, 1.165) is 17.7 Å². The Bertz CT molecular complexity index is 638. The summed E-state index contributed by atoms with van der Waals surface area (Å²) in [6.45, 7) is 1.62. The van der Waals surface area contributed by atoms with Gasteiger partial charge in [0.2, 0.25) is 0 Å². The number of hydrogen-bond acceptors (Lipinski definition) is 3. The number of aryl methyl sites for hydroxylation is 1. The van der Waals surface area contributed by atoms with Crippen molar-refractivity contribution >= 4 is 5.69 Å². The van der Waals surface area contributed by atoms with Gasteiger partial charge in [-0.25, -0.2) is 5.43 Å². The third-order valence-electron chi connectivity index (χ3n) is 3.38. The predicted octanol–water partition coefficient (Wildman–Crippen LogP) is 3.15. The van der Waals surface area contributed by atoms with Crippen LogP contribution in [0.25, 0.3) is 0 Å². The van der Waals surface area contributed by atoms with E-state index < -0.39 is 17.8 Å². The lowest BCUT2D eigenvalue weighted by Gasteiger charge is -2.21. The summed E-state index contributed by atoms with van der Waals surface area (Å²) in [7, 11) is 0. The van der Waals surface area contributed by atoms with E-state index in [1.165, 1.54) is 6.07 Å².